The van der Waals surface area contributed by atoms with E-state index in [-0.39, 0.29) is 11.7 Å². The summed E-state index contributed by atoms with van der Waals surface area (Å²) in [6.07, 6.45) is 2.03. The van der Waals surface area contributed by atoms with E-state index in [0.29, 0.717) is 0 Å². The number of aryl methyl sites for hydroxylation is 2. The van der Waals surface area contributed by atoms with Crippen molar-refractivity contribution in [3.63, 3.8) is 0 Å². The van der Waals surface area contributed by atoms with Gasteiger partial charge in [-0.2, -0.15) is 0 Å². The van der Waals surface area contributed by atoms with Crippen LogP contribution in [0.25, 0.3) is 16.9 Å². The van der Waals surface area contributed by atoms with Crippen molar-refractivity contribution in [3.05, 3.63) is 96.2 Å². The second-order valence-electron chi connectivity index (χ2n) is 7.18. The van der Waals surface area contributed by atoms with E-state index in [1.54, 1.807) is 0 Å². The molecule has 0 radical (unpaired) electrons. The Bertz CT molecular complexity index is 1130. The molecule has 0 aliphatic heterocycles. The summed E-state index contributed by atoms with van der Waals surface area (Å²) in [7, 11) is 0. The highest BCUT2D eigenvalue weighted by molar-refractivity contribution is 7.99. The van der Waals surface area contributed by atoms with E-state index in [9.17, 15) is 4.79 Å². The Morgan fingerprint density at radius 2 is 1.53 bits per heavy atom. The Morgan fingerprint density at radius 3 is 2.20 bits per heavy atom. The first-order valence-electron chi connectivity index (χ1n) is 9.80. The van der Waals surface area contributed by atoms with Crippen LogP contribution in [-0.4, -0.2) is 21.2 Å². The molecular formula is C25H23N3OS. The van der Waals surface area contributed by atoms with Gasteiger partial charge >= 0.3 is 0 Å². The number of thioether (sulfide) groups is 1. The topological polar surface area (TPSA) is 46.9 Å². The van der Waals surface area contributed by atoms with Crippen LogP contribution in [0.15, 0.2) is 90.2 Å². The quantitative estimate of drug-likeness (QED) is 0.401. The molecule has 0 bridgehead atoms. The monoisotopic (exact) mass is 413 g/mol. The zero-order chi connectivity index (χ0) is 20.9. The van der Waals surface area contributed by atoms with Crippen molar-refractivity contribution in [1.82, 2.24) is 9.55 Å². The zero-order valence-corrected chi connectivity index (χ0v) is 17.8. The van der Waals surface area contributed by atoms with Gasteiger partial charge < -0.3 is 5.32 Å². The third-order valence-corrected chi connectivity index (χ3v) is 5.68. The first-order valence-corrected chi connectivity index (χ1v) is 10.8. The number of benzene rings is 3. The number of imidazole rings is 1. The Balaban J connectivity index is 1.56. The van der Waals surface area contributed by atoms with E-state index in [1.165, 1.54) is 17.3 Å². The molecule has 30 heavy (non-hydrogen) atoms. The highest BCUT2D eigenvalue weighted by Gasteiger charge is 2.14. The number of aromatic nitrogens is 2. The van der Waals surface area contributed by atoms with Gasteiger partial charge in [-0.15, -0.1) is 0 Å². The van der Waals surface area contributed by atoms with Crippen LogP contribution in [-0.2, 0) is 4.79 Å². The van der Waals surface area contributed by atoms with Crippen LogP contribution in [0, 0.1) is 13.8 Å². The number of carbonyl (C=O) groups excluding carboxylic acids is 1. The molecule has 0 fully saturated rings. The normalized spacial score (nSPS) is 10.7. The van der Waals surface area contributed by atoms with Gasteiger partial charge in [-0.1, -0.05) is 77.5 Å². The number of anilines is 1. The average molecular weight is 414 g/mol. The molecule has 4 aromatic rings. The molecule has 0 aliphatic rings. The number of nitrogens with zero attached hydrogens (tertiary/aromatic N) is 2. The second-order valence-corrected chi connectivity index (χ2v) is 8.13. The van der Waals surface area contributed by atoms with E-state index < -0.39 is 0 Å². The number of rotatable bonds is 6. The SMILES string of the molecule is Cc1ccc(NC(=O)CSc2nc(-c3ccccc3)cn2-c2ccc(C)cc2)cc1. The molecule has 150 valence electrons. The number of amides is 1. The molecule has 1 aromatic heterocycles. The van der Waals surface area contributed by atoms with E-state index in [2.05, 4.69) is 36.5 Å². The Hall–Kier alpha value is -3.31. The maximum absolute atomic E-state index is 12.5. The van der Waals surface area contributed by atoms with E-state index >= 15 is 0 Å². The van der Waals surface area contributed by atoms with Crippen molar-refractivity contribution in [2.24, 2.45) is 0 Å². The van der Waals surface area contributed by atoms with E-state index in [4.69, 9.17) is 4.98 Å². The molecule has 0 unspecified atom stereocenters. The van der Waals surface area contributed by atoms with Gasteiger partial charge in [0.1, 0.15) is 0 Å². The molecule has 4 nitrogen and oxygen atoms in total. The largest absolute Gasteiger partial charge is 0.325 e. The van der Waals surface area contributed by atoms with Gasteiger partial charge in [-0.25, -0.2) is 4.98 Å². The fraction of sp³-hybridized carbons (Fsp3) is 0.120. The van der Waals surface area contributed by atoms with Crippen LogP contribution in [0.5, 0.6) is 0 Å². The van der Waals surface area contributed by atoms with Crippen molar-refractivity contribution >= 4 is 23.4 Å². The van der Waals surface area contributed by atoms with Crippen LogP contribution in [0.3, 0.4) is 0 Å². The van der Waals surface area contributed by atoms with Crippen LogP contribution in [0.2, 0.25) is 0 Å². The van der Waals surface area contributed by atoms with E-state index in [1.807, 2.05) is 72.3 Å². The molecule has 5 heteroatoms. The molecule has 3 aromatic carbocycles. The predicted octanol–water partition coefficient (Wildman–Crippen LogP) is 5.89. The van der Waals surface area contributed by atoms with E-state index in [0.717, 1.165) is 33.4 Å². The molecule has 0 atom stereocenters. The Morgan fingerprint density at radius 1 is 0.900 bits per heavy atom. The van der Waals surface area contributed by atoms with Crippen molar-refractivity contribution in [3.8, 4) is 16.9 Å². The highest BCUT2D eigenvalue weighted by atomic mass is 32.2. The summed E-state index contributed by atoms with van der Waals surface area (Å²) < 4.78 is 2.05. The minimum absolute atomic E-state index is 0.0522. The summed E-state index contributed by atoms with van der Waals surface area (Å²) in [6.45, 7) is 4.09. The Labute approximate surface area is 181 Å². The maximum Gasteiger partial charge on any atom is 0.234 e. The molecule has 1 N–H and O–H groups in total. The number of hydrogen-bond donors (Lipinski definition) is 1. The lowest BCUT2D eigenvalue weighted by molar-refractivity contribution is -0.113. The van der Waals surface area contributed by atoms with Crippen LogP contribution < -0.4 is 5.32 Å². The van der Waals surface area contributed by atoms with Gasteiger partial charge in [0, 0.05) is 23.1 Å². The first kappa shape index (κ1) is 20.0. The number of hydrogen-bond acceptors (Lipinski definition) is 3. The summed E-state index contributed by atoms with van der Waals surface area (Å²) in [5.41, 5.74) is 6.13. The highest BCUT2D eigenvalue weighted by Crippen LogP contribution is 2.27. The fourth-order valence-corrected chi connectivity index (χ4v) is 3.86. The van der Waals surface area contributed by atoms with Crippen LogP contribution >= 0.6 is 11.8 Å². The van der Waals surface area contributed by atoms with Crippen molar-refractivity contribution in [2.75, 3.05) is 11.1 Å². The second kappa shape index (κ2) is 9.01. The zero-order valence-electron chi connectivity index (χ0n) is 17.0. The minimum atomic E-state index is -0.0522. The number of carbonyl (C=O) groups is 1. The summed E-state index contributed by atoms with van der Waals surface area (Å²) >= 11 is 1.43. The maximum atomic E-state index is 12.5. The lowest BCUT2D eigenvalue weighted by atomic mass is 10.2. The van der Waals surface area contributed by atoms with Gasteiger partial charge in [0.25, 0.3) is 0 Å². The summed E-state index contributed by atoms with van der Waals surface area (Å²) in [4.78, 5) is 17.3. The smallest absolute Gasteiger partial charge is 0.234 e. The Kier molecular flexibility index (Phi) is 6.00. The van der Waals surface area contributed by atoms with Gasteiger partial charge in [-0.05, 0) is 38.1 Å². The molecular weight excluding hydrogens is 390 g/mol. The van der Waals surface area contributed by atoms with Crippen molar-refractivity contribution < 1.29 is 4.79 Å². The van der Waals surface area contributed by atoms with Gasteiger partial charge in [0.15, 0.2) is 5.16 Å². The molecule has 0 aliphatic carbocycles. The lowest BCUT2D eigenvalue weighted by Gasteiger charge is -2.08. The molecule has 0 spiro atoms. The summed E-state index contributed by atoms with van der Waals surface area (Å²) in [5.74, 6) is 0.230. The standard InChI is InChI=1S/C25H23N3OS/c1-18-8-12-21(13-9-18)26-24(29)17-30-25-27-23(20-6-4-3-5-7-20)16-28(25)22-14-10-19(2)11-15-22/h3-16H,17H2,1-2H3,(H,26,29). The summed E-state index contributed by atoms with van der Waals surface area (Å²) in [5, 5.41) is 3.74. The predicted molar refractivity (Wildman–Crippen MR) is 124 cm³/mol. The minimum Gasteiger partial charge on any atom is -0.325 e. The summed E-state index contributed by atoms with van der Waals surface area (Å²) in [6, 6.07) is 26.2. The average Bonchev–Trinajstić information content (AvgIpc) is 3.19. The van der Waals surface area contributed by atoms with Gasteiger partial charge in [-0.3, -0.25) is 9.36 Å². The van der Waals surface area contributed by atoms with Crippen molar-refractivity contribution in [1.29, 1.82) is 0 Å². The van der Waals surface area contributed by atoms with Crippen LogP contribution in [0.4, 0.5) is 5.69 Å². The molecule has 1 heterocycles. The van der Waals surface area contributed by atoms with Gasteiger partial charge in [0.05, 0.1) is 11.4 Å². The lowest BCUT2D eigenvalue weighted by Crippen LogP contribution is -2.14. The van der Waals surface area contributed by atoms with Gasteiger partial charge in [0.2, 0.25) is 5.91 Å². The molecule has 0 saturated carbocycles. The fourth-order valence-electron chi connectivity index (χ4n) is 3.07. The van der Waals surface area contributed by atoms with Crippen molar-refractivity contribution in [2.45, 2.75) is 19.0 Å². The molecule has 0 saturated heterocycles. The number of nitrogens with one attached hydrogen (secondary N) is 1. The third kappa shape index (κ3) is 4.81. The molecule has 4 rings (SSSR count). The van der Waals surface area contributed by atoms with Crippen LogP contribution in [0.1, 0.15) is 11.1 Å². The third-order valence-electron chi connectivity index (χ3n) is 4.72. The molecule has 1 amide bonds. The first-order chi connectivity index (χ1) is 14.6.